The second-order valence-electron chi connectivity index (χ2n) is 5.65. The van der Waals surface area contributed by atoms with Gasteiger partial charge in [-0.05, 0) is 43.9 Å². The standard InChI is InChI=1S/C18H23N3O/c1-13(21-14(2)16-6-4-3-5-7-16)8-9-15-10-11-17(18(19)22)20-12-15/h3-7,10-14,21H,8-9H2,1-2H3,(H2,19,22)/t13?,14-/m1/s1. The molecule has 2 rings (SSSR count). The van der Waals surface area contributed by atoms with Crippen LogP contribution in [0, 0.1) is 0 Å². The number of rotatable bonds is 7. The number of nitrogens with one attached hydrogen (secondary N) is 1. The summed E-state index contributed by atoms with van der Waals surface area (Å²) in [7, 11) is 0. The van der Waals surface area contributed by atoms with Gasteiger partial charge >= 0.3 is 0 Å². The largest absolute Gasteiger partial charge is 0.364 e. The minimum absolute atomic E-state index is 0.313. The van der Waals surface area contributed by atoms with Gasteiger partial charge in [0, 0.05) is 18.3 Å². The lowest BCUT2D eigenvalue weighted by atomic mass is 10.0. The van der Waals surface area contributed by atoms with Crippen LogP contribution in [0.2, 0.25) is 0 Å². The first-order valence-electron chi connectivity index (χ1n) is 7.62. The van der Waals surface area contributed by atoms with Crippen molar-refractivity contribution >= 4 is 5.91 Å². The van der Waals surface area contributed by atoms with Crippen LogP contribution in [0.3, 0.4) is 0 Å². The lowest BCUT2D eigenvalue weighted by Gasteiger charge is -2.20. The molecule has 0 spiro atoms. The zero-order valence-electron chi connectivity index (χ0n) is 13.1. The van der Waals surface area contributed by atoms with E-state index < -0.39 is 5.91 Å². The van der Waals surface area contributed by atoms with E-state index in [1.54, 1.807) is 12.3 Å². The quantitative estimate of drug-likeness (QED) is 0.825. The van der Waals surface area contributed by atoms with Gasteiger partial charge in [-0.15, -0.1) is 0 Å². The Morgan fingerprint density at radius 3 is 2.50 bits per heavy atom. The molecule has 1 heterocycles. The van der Waals surface area contributed by atoms with E-state index in [0.29, 0.717) is 17.8 Å². The van der Waals surface area contributed by atoms with E-state index >= 15 is 0 Å². The monoisotopic (exact) mass is 297 g/mol. The summed E-state index contributed by atoms with van der Waals surface area (Å²) in [5.74, 6) is -0.488. The van der Waals surface area contributed by atoms with Crippen LogP contribution in [0.15, 0.2) is 48.7 Å². The van der Waals surface area contributed by atoms with Crippen LogP contribution < -0.4 is 11.1 Å². The molecule has 0 radical (unpaired) electrons. The van der Waals surface area contributed by atoms with Gasteiger partial charge in [0.2, 0.25) is 0 Å². The molecule has 22 heavy (non-hydrogen) atoms. The van der Waals surface area contributed by atoms with E-state index in [2.05, 4.69) is 48.4 Å². The maximum atomic E-state index is 11.0. The lowest BCUT2D eigenvalue weighted by molar-refractivity contribution is 0.0995. The third kappa shape index (κ3) is 4.67. The molecule has 1 amide bonds. The number of nitrogens with two attached hydrogens (primary N) is 1. The van der Waals surface area contributed by atoms with E-state index in [4.69, 9.17) is 5.73 Å². The van der Waals surface area contributed by atoms with E-state index in [-0.39, 0.29) is 0 Å². The Kier molecular flexibility index (Phi) is 5.67. The van der Waals surface area contributed by atoms with Crippen molar-refractivity contribution in [3.8, 4) is 0 Å². The molecular formula is C18H23N3O. The topological polar surface area (TPSA) is 68.0 Å². The molecule has 1 aromatic carbocycles. The highest BCUT2D eigenvalue weighted by Gasteiger charge is 2.09. The molecule has 4 heteroatoms. The summed E-state index contributed by atoms with van der Waals surface area (Å²) >= 11 is 0. The number of primary amides is 1. The van der Waals surface area contributed by atoms with Gasteiger partial charge in [0.25, 0.3) is 5.91 Å². The molecule has 0 saturated heterocycles. The number of aryl methyl sites for hydroxylation is 1. The van der Waals surface area contributed by atoms with Crippen LogP contribution in [-0.2, 0) is 6.42 Å². The van der Waals surface area contributed by atoms with Gasteiger partial charge in [-0.25, -0.2) is 0 Å². The smallest absolute Gasteiger partial charge is 0.267 e. The summed E-state index contributed by atoms with van der Waals surface area (Å²) in [6.07, 6.45) is 3.66. The molecule has 1 unspecified atom stereocenters. The highest BCUT2D eigenvalue weighted by Crippen LogP contribution is 2.13. The Balaban J connectivity index is 1.82. The summed E-state index contributed by atoms with van der Waals surface area (Å²) in [4.78, 5) is 15.1. The molecule has 0 aliphatic carbocycles. The van der Waals surface area contributed by atoms with Gasteiger partial charge in [0.05, 0.1) is 0 Å². The zero-order valence-corrected chi connectivity index (χ0v) is 13.1. The predicted octanol–water partition coefficient (Wildman–Crippen LogP) is 2.85. The van der Waals surface area contributed by atoms with E-state index in [9.17, 15) is 4.79 Å². The average molecular weight is 297 g/mol. The van der Waals surface area contributed by atoms with Crippen LogP contribution >= 0.6 is 0 Å². The number of nitrogens with zero attached hydrogens (tertiary/aromatic N) is 1. The number of hydrogen-bond donors (Lipinski definition) is 2. The Hall–Kier alpha value is -2.20. The molecule has 0 saturated carbocycles. The Bertz CT molecular complexity index is 595. The Morgan fingerprint density at radius 1 is 1.18 bits per heavy atom. The van der Waals surface area contributed by atoms with Crippen molar-refractivity contribution in [3.05, 3.63) is 65.5 Å². The van der Waals surface area contributed by atoms with Gasteiger partial charge in [-0.3, -0.25) is 9.78 Å². The molecule has 0 aliphatic heterocycles. The average Bonchev–Trinajstić information content (AvgIpc) is 2.54. The first-order valence-corrected chi connectivity index (χ1v) is 7.62. The Labute approximate surface area is 131 Å². The molecule has 2 atom stereocenters. The fourth-order valence-corrected chi connectivity index (χ4v) is 2.45. The first-order chi connectivity index (χ1) is 10.6. The second-order valence-corrected chi connectivity index (χ2v) is 5.65. The second kappa shape index (κ2) is 7.71. The van der Waals surface area contributed by atoms with Gasteiger partial charge in [0.1, 0.15) is 5.69 Å². The van der Waals surface area contributed by atoms with Crippen molar-refractivity contribution in [3.63, 3.8) is 0 Å². The van der Waals surface area contributed by atoms with Crippen molar-refractivity contribution < 1.29 is 4.79 Å². The molecule has 0 aliphatic rings. The molecule has 116 valence electrons. The molecule has 4 nitrogen and oxygen atoms in total. The third-order valence-electron chi connectivity index (χ3n) is 3.78. The summed E-state index contributed by atoms with van der Waals surface area (Å²) in [6.45, 7) is 4.36. The number of pyridine rings is 1. The Morgan fingerprint density at radius 2 is 1.91 bits per heavy atom. The van der Waals surface area contributed by atoms with E-state index in [1.165, 1.54) is 5.56 Å². The summed E-state index contributed by atoms with van der Waals surface area (Å²) in [5.41, 5.74) is 7.91. The fourth-order valence-electron chi connectivity index (χ4n) is 2.45. The number of hydrogen-bond acceptors (Lipinski definition) is 3. The maximum Gasteiger partial charge on any atom is 0.267 e. The van der Waals surface area contributed by atoms with Gasteiger partial charge in [-0.1, -0.05) is 36.4 Å². The van der Waals surface area contributed by atoms with Crippen LogP contribution in [0.5, 0.6) is 0 Å². The molecule has 0 fully saturated rings. The van der Waals surface area contributed by atoms with Crippen molar-refractivity contribution in [2.75, 3.05) is 0 Å². The third-order valence-corrected chi connectivity index (χ3v) is 3.78. The van der Waals surface area contributed by atoms with Crippen molar-refractivity contribution in [1.29, 1.82) is 0 Å². The molecule has 3 N–H and O–H groups in total. The van der Waals surface area contributed by atoms with E-state index in [0.717, 1.165) is 18.4 Å². The highest BCUT2D eigenvalue weighted by atomic mass is 16.1. The van der Waals surface area contributed by atoms with Crippen LogP contribution in [0.25, 0.3) is 0 Å². The first kappa shape index (κ1) is 16.2. The maximum absolute atomic E-state index is 11.0. The summed E-state index contributed by atoms with van der Waals surface area (Å²) in [6, 6.07) is 14.7. The van der Waals surface area contributed by atoms with Crippen molar-refractivity contribution in [2.24, 2.45) is 5.73 Å². The lowest BCUT2D eigenvalue weighted by Crippen LogP contribution is -2.29. The summed E-state index contributed by atoms with van der Waals surface area (Å²) < 4.78 is 0. The van der Waals surface area contributed by atoms with Crippen LogP contribution in [0.4, 0.5) is 0 Å². The minimum atomic E-state index is -0.488. The zero-order chi connectivity index (χ0) is 15.9. The van der Waals surface area contributed by atoms with Gasteiger partial charge in [-0.2, -0.15) is 0 Å². The molecule has 2 aromatic rings. The number of benzene rings is 1. The number of carbonyl (C=O) groups excluding carboxylic acids is 1. The van der Waals surface area contributed by atoms with E-state index in [1.807, 2.05) is 12.1 Å². The number of carbonyl (C=O) groups is 1. The van der Waals surface area contributed by atoms with Gasteiger partial charge < -0.3 is 11.1 Å². The number of aromatic nitrogens is 1. The van der Waals surface area contributed by atoms with Crippen LogP contribution in [-0.4, -0.2) is 16.9 Å². The molecule has 0 bridgehead atoms. The highest BCUT2D eigenvalue weighted by molar-refractivity contribution is 5.90. The van der Waals surface area contributed by atoms with Crippen molar-refractivity contribution in [2.45, 2.75) is 38.8 Å². The number of amides is 1. The van der Waals surface area contributed by atoms with Crippen molar-refractivity contribution in [1.82, 2.24) is 10.3 Å². The molecular weight excluding hydrogens is 274 g/mol. The van der Waals surface area contributed by atoms with Crippen LogP contribution in [0.1, 0.15) is 47.9 Å². The SMILES string of the molecule is CC(CCc1ccc(C(N)=O)nc1)N[C@H](C)c1ccccc1. The fraction of sp³-hybridized carbons (Fsp3) is 0.333. The predicted molar refractivity (Wildman–Crippen MR) is 88.5 cm³/mol. The normalized spacial score (nSPS) is 13.5. The van der Waals surface area contributed by atoms with Gasteiger partial charge in [0.15, 0.2) is 0 Å². The molecule has 1 aromatic heterocycles. The summed E-state index contributed by atoms with van der Waals surface area (Å²) in [5, 5.41) is 3.60. The minimum Gasteiger partial charge on any atom is -0.364 e.